The molecule has 0 aliphatic heterocycles. The van der Waals surface area contributed by atoms with Gasteiger partial charge in [-0.15, -0.1) is 0 Å². The molecule has 6 heteroatoms. The summed E-state index contributed by atoms with van der Waals surface area (Å²) in [6, 6.07) is 18.4. The number of fused-ring (bicyclic) bond motifs is 1. The summed E-state index contributed by atoms with van der Waals surface area (Å²) >= 11 is 6.52. The molecule has 0 saturated carbocycles. The van der Waals surface area contributed by atoms with Gasteiger partial charge in [-0.3, -0.25) is 4.98 Å². The third-order valence-electron chi connectivity index (χ3n) is 4.64. The van der Waals surface area contributed by atoms with E-state index in [4.69, 9.17) is 16.3 Å². The molecule has 0 aliphatic rings. The molecule has 0 radical (unpaired) electrons. The number of nitrogens with one attached hydrogen (secondary N) is 1. The van der Waals surface area contributed by atoms with Crippen molar-refractivity contribution in [1.82, 2.24) is 9.97 Å². The summed E-state index contributed by atoms with van der Waals surface area (Å²) in [7, 11) is 0. The molecule has 0 aliphatic carbocycles. The fourth-order valence-electron chi connectivity index (χ4n) is 3.29. The maximum atomic E-state index is 11.0. The molecule has 0 bridgehead atoms. The van der Waals surface area contributed by atoms with Crippen LogP contribution in [0.25, 0.3) is 10.9 Å². The van der Waals surface area contributed by atoms with E-state index in [1.165, 1.54) is 0 Å². The molecule has 2 heterocycles. The highest BCUT2D eigenvalue weighted by atomic mass is 35.5. The van der Waals surface area contributed by atoms with Crippen LogP contribution in [0.4, 0.5) is 5.82 Å². The number of rotatable bonds is 6. The van der Waals surface area contributed by atoms with E-state index < -0.39 is 0 Å². The van der Waals surface area contributed by atoms with Gasteiger partial charge in [-0.05, 0) is 55.0 Å². The zero-order valence-electron chi connectivity index (χ0n) is 15.8. The van der Waals surface area contributed by atoms with Gasteiger partial charge in [0, 0.05) is 23.3 Å². The molecule has 4 aromatic rings. The first-order valence-electron chi connectivity index (χ1n) is 9.33. The van der Waals surface area contributed by atoms with Crippen molar-refractivity contribution in [3.8, 4) is 11.5 Å². The fourth-order valence-corrected chi connectivity index (χ4v) is 3.56. The molecule has 29 heavy (non-hydrogen) atoms. The van der Waals surface area contributed by atoms with Crippen molar-refractivity contribution in [3.63, 3.8) is 0 Å². The maximum Gasteiger partial charge on any atom is 0.147 e. The van der Waals surface area contributed by atoms with E-state index in [9.17, 15) is 5.11 Å². The molecule has 0 spiro atoms. The maximum absolute atomic E-state index is 11.0. The highest BCUT2D eigenvalue weighted by Crippen LogP contribution is 2.39. The van der Waals surface area contributed by atoms with Crippen molar-refractivity contribution in [3.05, 3.63) is 89.2 Å². The SMILES string of the molecule is CCOc1ccc([C@@H](Nc2ccccn2)c2cc(Cl)c3cccnc3c2O)cc1. The van der Waals surface area contributed by atoms with Crippen LogP contribution >= 0.6 is 11.6 Å². The summed E-state index contributed by atoms with van der Waals surface area (Å²) in [4.78, 5) is 8.69. The zero-order valence-corrected chi connectivity index (χ0v) is 16.6. The summed E-state index contributed by atoms with van der Waals surface area (Å²) < 4.78 is 5.55. The number of phenolic OH excluding ortho intramolecular Hbond substituents is 1. The molecule has 4 rings (SSSR count). The number of phenols is 1. The van der Waals surface area contributed by atoms with Gasteiger partial charge in [0.25, 0.3) is 0 Å². The first-order chi connectivity index (χ1) is 14.2. The highest BCUT2D eigenvalue weighted by Gasteiger charge is 2.22. The minimum atomic E-state index is -0.385. The Morgan fingerprint density at radius 1 is 1.03 bits per heavy atom. The number of benzene rings is 2. The van der Waals surface area contributed by atoms with Crippen molar-refractivity contribution in [2.24, 2.45) is 0 Å². The minimum Gasteiger partial charge on any atom is -0.505 e. The molecule has 5 nitrogen and oxygen atoms in total. The summed E-state index contributed by atoms with van der Waals surface area (Å²) in [5, 5.41) is 15.6. The van der Waals surface area contributed by atoms with E-state index in [0.717, 1.165) is 11.3 Å². The van der Waals surface area contributed by atoms with E-state index in [2.05, 4.69) is 15.3 Å². The molecular formula is C23H20ClN3O2. The predicted octanol–water partition coefficient (Wildman–Crippen LogP) is 5.59. The van der Waals surface area contributed by atoms with Gasteiger partial charge < -0.3 is 15.2 Å². The molecule has 0 unspecified atom stereocenters. The second kappa shape index (κ2) is 8.37. The summed E-state index contributed by atoms with van der Waals surface area (Å²) in [5.41, 5.74) is 2.02. The molecule has 1 atom stereocenters. The van der Waals surface area contributed by atoms with Crippen LogP contribution in [0.3, 0.4) is 0 Å². The lowest BCUT2D eigenvalue weighted by Gasteiger charge is -2.22. The van der Waals surface area contributed by atoms with Crippen molar-refractivity contribution in [2.75, 3.05) is 11.9 Å². The highest BCUT2D eigenvalue weighted by molar-refractivity contribution is 6.35. The first-order valence-corrected chi connectivity index (χ1v) is 9.71. The second-order valence-electron chi connectivity index (χ2n) is 6.49. The Morgan fingerprint density at radius 3 is 2.55 bits per heavy atom. The number of anilines is 1. The molecule has 0 fully saturated rings. The van der Waals surface area contributed by atoms with E-state index in [-0.39, 0.29) is 11.8 Å². The normalized spacial score (nSPS) is 11.9. The topological polar surface area (TPSA) is 67.3 Å². The van der Waals surface area contributed by atoms with Crippen molar-refractivity contribution in [2.45, 2.75) is 13.0 Å². The van der Waals surface area contributed by atoms with Crippen LogP contribution in [0, 0.1) is 0 Å². The van der Waals surface area contributed by atoms with Gasteiger partial charge in [-0.2, -0.15) is 0 Å². The standard InChI is InChI=1S/C23H20ClN3O2/c1-2-29-16-10-8-15(9-11-16)21(27-20-7-3-4-12-25-20)18-14-19(24)17-6-5-13-26-22(17)23(18)28/h3-14,21,28H,2H2,1H3,(H,25,27)/t21-/m1/s1. The molecule has 2 N–H and O–H groups in total. The number of pyridine rings is 2. The molecule has 0 amide bonds. The third-order valence-corrected chi connectivity index (χ3v) is 4.95. The van der Waals surface area contributed by atoms with Crippen LogP contribution in [0.15, 0.2) is 73.1 Å². The smallest absolute Gasteiger partial charge is 0.147 e. The van der Waals surface area contributed by atoms with Gasteiger partial charge >= 0.3 is 0 Å². The zero-order chi connectivity index (χ0) is 20.2. The molecule has 0 saturated heterocycles. The van der Waals surface area contributed by atoms with Gasteiger partial charge in [-0.25, -0.2) is 4.98 Å². The second-order valence-corrected chi connectivity index (χ2v) is 6.90. The van der Waals surface area contributed by atoms with Crippen LogP contribution in [-0.4, -0.2) is 21.7 Å². The van der Waals surface area contributed by atoms with Gasteiger partial charge in [0.05, 0.1) is 17.7 Å². The van der Waals surface area contributed by atoms with Crippen molar-refractivity contribution < 1.29 is 9.84 Å². The number of ether oxygens (including phenoxy) is 1. The average molecular weight is 406 g/mol. The average Bonchev–Trinajstić information content (AvgIpc) is 2.76. The lowest BCUT2D eigenvalue weighted by Crippen LogP contribution is -2.14. The lowest BCUT2D eigenvalue weighted by atomic mass is 9.96. The molecule has 2 aromatic carbocycles. The monoisotopic (exact) mass is 405 g/mol. The third kappa shape index (κ3) is 3.96. The van der Waals surface area contributed by atoms with Crippen LogP contribution in [0.5, 0.6) is 11.5 Å². The largest absolute Gasteiger partial charge is 0.505 e. The molecule has 146 valence electrons. The van der Waals surface area contributed by atoms with Crippen molar-refractivity contribution >= 4 is 28.3 Å². The fraction of sp³-hybridized carbons (Fsp3) is 0.130. The Morgan fingerprint density at radius 2 is 1.83 bits per heavy atom. The van der Waals surface area contributed by atoms with Crippen LogP contribution in [-0.2, 0) is 0 Å². The Balaban J connectivity index is 1.84. The molecular weight excluding hydrogens is 386 g/mol. The van der Waals surface area contributed by atoms with Gasteiger partial charge in [0.2, 0.25) is 0 Å². The molecule has 2 aromatic heterocycles. The Hall–Kier alpha value is -3.31. The van der Waals surface area contributed by atoms with Crippen LogP contribution in [0.2, 0.25) is 5.02 Å². The van der Waals surface area contributed by atoms with E-state index in [1.807, 2.05) is 55.5 Å². The first kappa shape index (κ1) is 19.0. The van der Waals surface area contributed by atoms with Gasteiger partial charge in [-0.1, -0.05) is 29.8 Å². The van der Waals surface area contributed by atoms with Gasteiger partial charge in [0.15, 0.2) is 0 Å². The van der Waals surface area contributed by atoms with Crippen molar-refractivity contribution in [1.29, 1.82) is 0 Å². The predicted molar refractivity (Wildman–Crippen MR) is 116 cm³/mol. The summed E-state index contributed by atoms with van der Waals surface area (Å²) in [6.07, 6.45) is 3.35. The lowest BCUT2D eigenvalue weighted by molar-refractivity contribution is 0.340. The van der Waals surface area contributed by atoms with Crippen LogP contribution in [0.1, 0.15) is 24.1 Å². The Labute approximate surface area is 174 Å². The summed E-state index contributed by atoms with van der Waals surface area (Å²) in [5.74, 6) is 1.56. The number of nitrogens with zero attached hydrogens (tertiary/aromatic N) is 2. The quantitative estimate of drug-likeness (QED) is 0.437. The van der Waals surface area contributed by atoms with E-state index >= 15 is 0 Å². The van der Waals surface area contributed by atoms with Gasteiger partial charge in [0.1, 0.15) is 22.8 Å². The number of hydrogen-bond donors (Lipinski definition) is 2. The number of halogens is 1. The Kier molecular flexibility index (Phi) is 5.49. The summed E-state index contributed by atoms with van der Waals surface area (Å²) in [6.45, 7) is 2.54. The van der Waals surface area contributed by atoms with E-state index in [1.54, 1.807) is 24.5 Å². The Bertz CT molecular complexity index is 1120. The van der Waals surface area contributed by atoms with Crippen LogP contribution < -0.4 is 10.1 Å². The number of aromatic hydroxyl groups is 1. The number of hydrogen-bond acceptors (Lipinski definition) is 5. The minimum absolute atomic E-state index is 0.0901. The van der Waals surface area contributed by atoms with E-state index in [0.29, 0.717) is 33.9 Å². The number of aromatic nitrogens is 2.